The Morgan fingerprint density at radius 2 is 1.91 bits per heavy atom. The molecule has 1 saturated heterocycles. The highest BCUT2D eigenvalue weighted by Crippen LogP contribution is 2.38. The summed E-state index contributed by atoms with van der Waals surface area (Å²) in [6, 6.07) is 12.2. The first-order chi connectivity index (χ1) is 15.5. The lowest BCUT2D eigenvalue weighted by atomic mass is 9.85. The maximum absolute atomic E-state index is 13.0. The summed E-state index contributed by atoms with van der Waals surface area (Å²) < 4.78 is 6.52. The first-order valence-electron chi connectivity index (χ1n) is 11.1. The minimum atomic E-state index is -0.752. The van der Waals surface area contributed by atoms with Gasteiger partial charge >= 0.3 is 5.97 Å². The molecule has 0 unspecified atom stereocenters. The Hall–Kier alpha value is -2.38. The van der Waals surface area contributed by atoms with E-state index in [-0.39, 0.29) is 17.9 Å². The van der Waals surface area contributed by atoms with Gasteiger partial charge < -0.3 is 9.52 Å². The minimum Gasteiger partial charge on any atom is -0.481 e. The van der Waals surface area contributed by atoms with Gasteiger partial charge in [0.05, 0.1) is 10.8 Å². The van der Waals surface area contributed by atoms with Crippen LogP contribution in [-0.4, -0.2) is 32.2 Å². The van der Waals surface area contributed by atoms with E-state index in [1.54, 1.807) is 11.0 Å². The molecule has 32 heavy (non-hydrogen) atoms. The number of aryl methyl sites for hydroxylation is 1. The van der Waals surface area contributed by atoms with Gasteiger partial charge in [-0.25, -0.2) is 0 Å². The average molecular weight is 470 g/mol. The van der Waals surface area contributed by atoms with Crippen molar-refractivity contribution in [1.82, 2.24) is 4.90 Å². The second-order valence-electron chi connectivity index (χ2n) is 8.40. The molecule has 2 aromatic rings. The molecule has 5 nitrogen and oxygen atoms in total. The lowest BCUT2D eigenvalue weighted by molar-refractivity contribution is -0.143. The van der Waals surface area contributed by atoms with Gasteiger partial charge in [-0.2, -0.15) is 0 Å². The third-order valence-corrected chi connectivity index (χ3v) is 7.52. The van der Waals surface area contributed by atoms with Gasteiger partial charge in [0.25, 0.3) is 5.91 Å². The van der Waals surface area contributed by atoms with Crippen molar-refractivity contribution in [3.63, 3.8) is 0 Å². The van der Waals surface area contributed by atoms with Crippen LogP contribution in [0.15, 0.2) is 45.7 Å². The molecule has 4 rings (SSSR count). The minimum absolute atomic E-state index is 0.0256. The summed E-state index contributed by atoms with van der Waals surface area (Å²) in [5.74, 6) is 0.198. The first-order valence-corrected chi connectivity index (χ1v) is 12.4. The lowest BCUT2D eigenvalue weighted by Gasteiger charge is -2.32. The van der Waals surface area contributed by atoms with Crippen molar-refractivity contribution in [3.05, 3.63) is 52.6 Å². The number of thiocarbonyl (C=S) groups is 1. The van der Waals surface area contributed by atoms with Crippen LogP contribution in [0.25, 0.3) is 17.4 Å². The number of carbonyl (C=O) groups is 2. The molecular weight excluding hydrogens is 442 g/mol. The van der Waals surface area contributed by atoms with Gasteiger partial charge in [-0.1, -0.05) is 61.6 Å². The van der Waals surface area contributed by atoms with E-state index in [2.05, 4.69) is 31.2 Å². The van der Waals surface area contributed by atoms with Crippen LogP contribution in [0.3, 0.4) is 0 Å². The van der Waals surface area contributed by atoms with E-state index < -0.39 is 5.97 Å². The van der Waals surface area contributed by atoms with Gasteiger partial charge in [0.15, 0.2) is 0 Å². The van der Waals surface area contributed by atoms with Crippen molar-refractivity contribution >= 4 is 46.3 Å². The molecule has 1 aromatic carbocycles. The SMILES string of the molecule is CCCCc1ccc(-c2ccc(/C=C3/SC(=S)N(C4CCC(C(=O)O)CC4)C3=O)o2)cc1. The van der Waals surface area contributed by atoms with E-state index in [0.717, 1.165) is 17.7 Å². The Kier molecular flexibility index (Phi) is 7.16. The van der Waals surface area contributed by atoms with Crippen molar-refractivity contribution in [3.8, 4) is 11.3 Å². The summed E-state index contributed by atoms with van der Waals surface area (Å²) in [6.45, 7) is 2.19. The molecule has 2 fully saturated rings. The molecule has 1 amide bonds. The smallest absolute Gasteiger partial charge is 0.306 e. The molecule has 7 heteroatoms. The normalized spacial score (nSPS) is 22.7. The zero-order valence-corrected chi connectivity index (χ0v) is 19.7. The van der Waals surface area contributed by atoms with Crippen LogP contribution < -0.4 is 0 Å². The summed E-state index contributed by atoms with van der Waals surface area (Å²) in [6.07, 6.45) is 7.68. The largest absolute Gasteiger partial charge is 0.481 e. The number of carboxylic acids is 1. The third-order valence-electron chi connectivity index (χ3n) is 6.19. The Labute approximate surface area is 197 Å². The van der Waals surface area contributed by atoms with Crippen LogP contribution in [0.2, 0.25) is 0 Å². The first kappa shape index (κ1) is 22.8. The van der Waals surface area contributed by atoms with E-state index in [9.17, 15) is 14.7 Å². The highest BCUT2D eigenvalue weighted by Gasteiger charge is 2.39. The summed E-state index contributed by atoms with van der Waals surface area (Å²) in [5, 5.41) is 9.20. The Morgan fingerprint density at radius 1 is 1.19 bits per heavy atom. The molecule has 0 atom stereocenters. The highest BCUT2D eigenvalue weighted by molar-refractivity contribution is 8.26. The second kappa shape index (κ2) is 10.0. The molecule has 168 valence electrons. The molecule has 0 spiro atoms. The van der Waals surface area contributed by atoms with Crippen molar-refractivity contribution in [2.24, 2.45) is 5.92 Å². The molecular formula is C25H27NO4S2. The molecule has 2 aliphatic rings. The van der Waals surface area contributed by atoms with Gasteiger partial charge in [0.1, 0.15) is 15.8 Å². The Bertz CT molecular complexity index is 1030. The topological polar surface area (TPSA) is 70.8 Å². The number of carbonyl (C=O) groups excluding carboxylic acids is 1. The van der Waals surface area contributed by atoms with Gasteiger partial charge in [-0.05, 0) is 56.2 Å². The van der Waals surface area contributed by atoms with E-state index in [1.807, 2.05) is 12.1 Å². The molecule has 2 heterocycles. The monoisotopic (exact) mass is 469 g/mol. The number of hydrogen-bond acceptors (Lipinski definition) is 5. The second-order valence-corrected chi connectivity index (χ2v) is 10.1. The molecule has 1 N–H and O–H groups in total. The predicted molar refractivity (Wildman–Crippen MR) is 131 cm³/mol. The maximum Gasteiger partial charge on any atom is 0.306 e. The zero-order valence-electron chi connectivity index (χ0n) is 18.1. The molecule has 1 saturated carbocycles. The fraction of sp³-hybridized carbons (Fsp3) is 0.400. The lowest BCUT2D eigenvalue weighted by Crippen LogP contribution is -2.41. The van der Waals surface area contributed by atoms with Crippen LogP contribution in [0.4, 0.5) is 0 Å². The van der Waals surface area contributed by atoms with Crippen molar-refractivity contribution in [1.29, 1.82) is 0 Å². The van der Waals surface area contributed by atoms with Gasteiger partial charge in [0.2, 0.25) is 0 Å². The van der Waals surface area contributed by atoms with Crippen LogP contribution in [0.5, 0.6) is 0 Å². The Balaban J connectivity index is 1.43. The highest BCUT2D eigenvalue weighted by atomic mass is 32.2. The maximum atomic E-state index is 13.0. The van der Waals surface area contributed by atoms with Crippen molar-refractivity contribution < 1.29 is 19.1 Å². The fourth-order valence-corrected chi connectivity index (χ4v) is 5.69. The predicted octanol–water partition coefficient (Wildman–Crippen LogP) is 6.13. The number of thioether (sulfide) groups is 1. The van der Waals surface area contributed by atoms with Crippen LogP contribution in [0.1, 0.15) is 56.8 Å². The third kappa shape index (κ3) is 4.99. The Morgan fingerprint density at radius 3 is 2.56 bits per heavy atom. The number of aliphatic carboxylic acids is 1. The summed E-state index contributed by atoms with van der Waals surface area (Å²) in [4.78, 5) is 26.4. The van der Waals surface area contributed by atoms with E-state index in [4.69, 9.17) is 16.6 Å². The molecule has 0 bridgehead atoms. The molecule has 1 aliphatic carbocycles. The molecule has 0 radical (unpaired) electrons. The van der Waals surface area contributed by atoms with Crippen LogP contribution in [-0.2, 0) is 16.0 Å². The number of furan rings is 1. The van der Waals surface area contributed by atoms with E-state index in [0.29, 0.717) is 40.7 Å². The zero-order chi connectivity index (χ0) is 22.7. The van der Waals surface area contributed by atoms with Gasteiger partial charge in [-0.15, -0.1) is 0 Å². The number of benzene rings is 1. The molecule has 1 aromatic heterocycles. The molecule has 1 aliphatic heterocycles. The van der Waals surface area contributed by atoms with Crippen LogP contribution in [0, 0.1) is 5.92 Å². The summed E-state index contributed by atoms with van der Waals surface area (Å²) in [7, 11) is 0. The summed E-state index contributed by atoms with van der Waals surface area (Å²) in [5.41, 5.74) is 2.33. The van der Waals surface area contributed by atoms with E-state index >= 15 is 0 Å². The van der Waals surface area contributed by atoms with Gasteiger partial charge in [-0.3, -0.25) is 14.5 Å². The number of rotatable bonds is 7. The number of amides is 1. The van der Waals surface area contributed by atoms with Crippen molar-refractivity contribution in [2.45, 2.75) is 57.9 Å². The van der Waals surface area contributed by atoms with Gasteiger partial charge in [0, 0.05) is 17.7 Å². The average Bonchev–Trinajstić information content (AvgIpc) is 3.37. The number of carboxylic acid groups (broad SMARTS) is 1. The van der Waals surface area contributed by atoms with Crippen LogP contribution >= 0.6 is 24.0 Å². The number of hydrogen-bond donors (Lipinski definition) is 1. The summed E-state index contributed by atoms with van der Waals surface area (Å²) >= 11 is 6.76. The number of nitrogens with zero attached hydrogens (tertiary/aromatic N) is 1. The van der Waals surface area contributed by atoms with E-state index in [1.165, 1.54) is 30.2 Å². The quantitative estimate of drug-likeness (QED) is 0.388. The standard InChI is InChI=1S/C25H27NO4S2/c1-2-3-4-16-5-7-17(8-6-16)21-14-13-20(30-21)15-22-23(27)26(25(31)32-22)19-11-9-18(10-12-19)24(28)29/h5-8,13-15,18-19H,2-4,9-12H2,1H3,(H,28,29)/b22-15+. The number of unbranched alkanes of at least 4 members (excludes halogenated alkanes) is 1. The fourth-order valence-electron chi connectivity index (χ4n) is 4.31. The van der Waals surface area contributed by atoms with Crippen molar-refractivity contribution in [2.75, 3.05) is 0 Å².